The zero-order valence-corrected chi connectivity index (χ0v) is 15.1. The third-order valence-electron chi connectivity index (χ3n) is 4.35. The van der Waals surface area contributed by atoms with E-state index < -0.39 is 10.0 Å². The van der Waals surface area contributed by atoms with E-state index in [4.69, 9.17) is 15.2 Å². The van der Waals surface area contributed by atoms with Crippen molar-refractivity contribution < 1.29 is 17.9 Å². The van der Waals surface area contributed by atoms with Crippen LogP contribution in [0.4, 0.5) is 11.4 Å². The Hall–Kier alpha value is -2.12. The molecule has 0 radical (unpaired) electrons. The Balaban J connectivity index is 0.00000182. The standard InChI is InChI=1S/C17H18N2O4S.ClH/c18-14-4-1-5-15-13(14)3-2-8-19(15)24(20,21)12-6-7-16-17(11-12)23-10-9-22-16;/h1,4-7,11H,2-3,8-10,18H2;1H. The predicted octanol–water partition coefficient (Wildman–Crippen LogP) is 2.60. The SMILES string of the molecule is Cl.Nc1cccc2c1CCCN2S(=O)(=O)c1ccc2c(c1)OCCO2. The fourth-order valence-electron chi connectivity index (χ4n) is 3.18. The molecule has 2 aromatic carbocycles. The van der Waals surface area contributed by atoms with Crippen molar-refractivity contribution in [1.82, 2.24) is 0 Å². The molecule has 2 N–H and O–H groups in total. The molecule has 25 heavy (non-hydrogen) atoms. The number of ether oxygens (including phenoxy) is 2. The van der Waals surface area contributed by atoms with E-state index >= 15 is 0 Å². The minimum absolute atomic E-state index is 0. The molecule has 8 heteroatoms. The molecule has 0 unspecified atom stereocenters. The molecule has 0 fully saturated rings. The highest BCUT2D eigenvalue weighted by Crippen LogP contribution is 2.37. The number of hydrogen-bond donors (Lipinski definition) is 1. The summed E-state index contributed by atoms with van der Waals surface area (Å²) < 4.78 is 38.7. The summed E-state index contributed by atoms with van der Waals surface area (Å²) in [6.07, 6.45) is 1.53. The Kier molecular flexibility index (Phi) is 4.71. The zero-order chi connectivity index (χ0) is 16.7. The third kappa shape index (κ3) is 2.98. The van der Waals surface area contributed by atoms with Gasteiger partial charge in [0, 0.05) is 18.3 Å². The molecular weight excluding hydrogens is 364 g/mol. The van der Waals surface area contributed by atoms with Crippen molar-refractivity contribution in [3.63, 3.8) is 0 Å². The molecule has 2 heterocycles. The minimum Gasteiger partial charge on any atom is -0.486 e. The molecule has 4 rings (SSSR count). The van der Waals surface area contributed by atoms with Gasteiger partial charge < -0.3 is 15.2 Å². The second kappa shape index (κ2) is 6.65. The van der Waals surface area contributed by atoms with Gasteiger partial charge in [0.05, 0.1) is 10.6 Å². The van der Waals surface area contributed by atoms with E-state index in [1.54, 1.807) is 30.3 Å². The van der Waals surface area contributed by atoms with Gasteiger partial charge in [-0.15, -0.1) is 12.4 Å². The van der Waals surface area contributed by atoms with Crippen LogP contribution in [-0.4, -0.2) is 28.2 Å². The highest BCUT2D eigenvalue weighted by atomic mass is 35.5. The lowest BCUT2D eigenvalue weighted by molar-refractivity contribution is 0.171. The first-order chi connectivity index (χ1) is 11.6. The van der Waals surface area contributed by atoms with E-state index in [1.165, 1.54) is 10.4 Å². The normalized spacial score (nSPS) is 15.9. The number of nitrogen functional groups attached to an aromatic ring is 1. The molecule has 0 aromatic heterocycles. The number of nitrogens with two attached hydrogens (primary N) is 1. The van der Waals surface area contributed by atoms with E-state index in [1.807, 2.05) is 0 Å². The molecule has 0 saturated carbocycles. The first-order valence-electron chi connectivity index (χ1n) is 7.87. The van der Waals surface area contributed by atoms with Crippen LogP contribution in [0.3, 0.4) is 0 Å². The molecular formula is C17H19ClN2O4S. The van der Waals surface area contributed by atoms with Crippen LogP contribution in [0.5, 0.6) is 11.5 Å². The summed E-state index contributed by atoms with van der Waals surface area (Å²) in [6, 6.07) is 10.1. The number of fused-ring (bicyclic) bond motifs is 2. The van der Waals surface area contributed by atoms with Crippen molar-refractivity contribution in [2.24, 2.45) is 0 Å². The van der Waals surface area contributed by atoms with Gasteiger partial charge in [0.15, 0.2) is 11.5 Å². The van der Waals surface area contributed by atoms with Gasteiger partial charge in [-0.05, 0) is 42.7 Å². The van der Waals surface area contributed by atoms with Crippen molar-refractivity contribution in [3.05, 3.63) is 42.0 Å². The van der Waals surface area contributed by atoms with Gasteiger partial charge in [0.2, 0.25) is 0 Å². The Morgan fingerprint density at radius 1 is 1.04 bits per heavy atom. The van der Waals surface area contributed by atoms with Gasteiger partial charge >= 0.3 is 0 Å². The number of rotatable bonds is 2. The number of hydrogen-bond acceptors (Lipinski definition) is 5. The summed E-state index contributed by atoms with van der Waals surface area (Å²) in [5.74, 6) is 1.04. The van der Waals surface area contributed by atoms with Crippen LogP contribution >= 0.6 is 12.4 Å². The average Bonchev–Trinajstić information content (AvgIpc) is 2.61. The quantitative estimate of drug-likeness (QED) is 0.807. The summed E-state index contributed by atoms with van der Waals surface area (Å²) >= 11 is 0. The van der Waals surface area contributed by atoms with Gasteiger partial charge in [-0.3, -0.25) is 4.31 Å². The molecule has 2 aromatic rings. The molecule has 0 atom stereocenters. The van der Waals surface area contributed by atoms with E-state index in [0.717, 1.165) is 18.4 Å². The minimum atomic E-state index is -3.68. The molecule has 2 aliphatic rings. The fraction of sp³-hybridized carbons (Fsp3) is 0.294. The van der Waals surface area contributed by atoms with E-state index in [9.17, 15) is 8.42 Å². The van der Waals surface area contributed by atoms with Crippen LogP contribution in [0.25, 0.3) is 0 Å². The lowest BCUT2D eigenvalue weighted by Crippen LogP contribution is -2.35. The number of sulfonamides is 1. The predicted molar refractivity (Wildman–Crippen MR) is 98.4 cm³/mol. The van der Waals surface area contributed by atoms with Crippen molar-refractivity contribution in [2.45, 2.75) is 17.7 Å². The summed E-state index contributed by atoms with van der Waals surface area (Å²) in [5, 5.41) is 0. The lowest BCUT2D eigenvalue weighted by Gasteiger charge is -2.31. The second-order valence-electron chi connectivity index (χ2n) is 5.83. The third-order valence-corrected chi connectivity index (χ3v) is 6.16. The maximum absolute atomic E-state index is 13.1. The molecule has 6 nitrogen and oxygen atoms in total. The first-order valence-corrected chi connectivity index (χ1v) is 9.31. The van der Waals surface area contributed by atoms with Crippen LogP contribution in [0.15, 0.2) is 41.3 Å². The van der Waals surface area contributed by atoms with Gasteiger partial charge in [0.25, 0.3) is 10.0 Å². The Morgan fingerprint density at radius 3 is 2.60 bits per heavy atom. The highest BCUT2D eigenvalue weighted by molar-refractivity contribution is 7.92. The number of benzene rings is 2. The molecule has 0 spiro atoms. The molecule has 134 valence electrons. The van der Waals surface area contributed by atoms with Crippen molar-refractivity contribution in [1.29, 1.82) is 0 Å². The maximum Gasteiger partial charge on any atom is 0.264 e. The van der Waals surface area contributed by atoms with E-state index in [2.05, 4.69) is 0 Å². The summed E-state index contributed by atoms with van der Waals surface area (Å²) in [5.41, 5.74) is 8.21. The summed E-state index contributed by atoms with van der Waals surface area (Å²) in [4.78, 5) is 0.196. The Morgan fingerprint density at radius 2 is 1.80 bits per heavy atom. The summed E-state index contributed by atoms with van der Waals surface area (Å²) in [6.45, 7) is 1.32. The van der Waals surface area contributed by atoms with Gasteiger partial charge in [-0.1, -0.05) is 6.07 Å². The monoisotopic (exact) mass is 382 g/mol. The summed E-state index contributed by atoms with van der Waals surface area (Å²) in [7, 11) is -3.68. The zero-order valence-electron chi connectivity index (χ0n) is 13.5. The van der Waals surface area contributed by atoms with Crippen LogP contribution in [0.1, 0.15) is 12.0 Å². The lowest BCUT2D eigenvalue weighted by atomic mass is 10.0. The van der Waals surface area contributed by atoms with E-state index in [-0.39, 0.29) is 17.3 Å². The Labute approximate surface area is 153 Å². The van der Waals surface area contributed by atoms with Gasteiger partial charge in [0.1, 0.15) is 13.2 Å². The van der Waals surface area contributed by atoms with Crippen LogP contribution < -0.4 is 19.5 Å². The highest BCUT2D eigenvalue weighted by Gasteiger charge is 2.30. The topological polar surface area (TPSA) is 81.9 Å². The first kappa shape index (κ1) is 17.7. The van der Waals surface area contributed by atoms with E-state index in [0.29, 0.717) is 42.6 Å². The maximum atomic E-state index is 13.1. The second-order valence-corrected chi connectivity index (χ2v) is 7.69. The number of halogens is 1. The Bertz CT molecular complexity index is 902. The average molecular weight is 383 g/mol. The van der Waals surface area contributed by atoms with Gasteiger partial charge in [-0.25, -0.2) is 8.42 Å². The smallest absolute Gasteiger partial charge is 0.264 e. The van der Waals surface area contributed by atoms with Crippen molar-refractivity contribution in [2.75, 3.05) is 29.8 Å². The molecule has 0 aliphatic carbocycles. The molecule has 0 amide bonds. The van der Waals surface area contributed by atoms with Crippen molar-refractivity contribution >= 4 is 33.8 Å². The van der Waals surface area contributed by atoms with Gasteiger partial charge in [-0.2, -0.15) is 0 Å². The number of anilines is 2. The fourth-order valence-corrected chi connectivity index (χ4v) is 4.73. The van der Waals surface area contributed by atoms with Crippen LogP contribution in [0, 0.1) is 0 Å². The van der Waals surface area contributed by atoms with Crippen molar-refractivity contribution in [3.8, 4) is 11.5 Å². The van der Waals surface area contributed by atoms with Crippen LogP contribution in [-0.2, 0) is 16.4 Å². The molecule has 0 bridgehead atoms. The number of nitrogens with zero attached hydrogens (tertiary/aromatic N) is 1. The molecule has 2 aliphatic heterocycles. The van der Waals surface area contributed by atoms with Crippen LogP contribution in [0.2, 0.25) is 0 Å². The molecule has 0 saturated heterocycles. The largest absolute Gasteiger partial charge is 0.486 e.